The lowest BCUT2D eigenvalue weighted by Crippen LogP contribution is -2.41. The number of allylic oxidation sites excluding steroid dienone is 2. The van der Waals surface area contributed by atoms with Crippen molar-refractivity contribution in [2.75, 3.05) is 13.2 Å². The molecule has 112 valence electrons. The molecule has 1 amide bonds. The van der Waals surface area contributed by atoms with Crippen molar-refractivity contribution in [1.29, 1.82) is 0 Å². The van der Waals surface area contributed by atoms with E-state index in [1.807, 2.05) is 11.8 Å². The Morgan fingerprint density at radius 2 is 2.15 bits per heavy atom. The molecule has 4 nitrogen and oxygen atoms in total. The van der Waals surface area contributed by atoms with Gasteiger partial charge in [0.25, 0.3) is 0 Å². The molecule has 2 atom stereocenters. The van der Waals surface area contributed by atoms with Gasteiger partial charge in [-0.25, -0.2) is 0 Å². The van der Waals surface area contributed by atoms with Crippen LogP contribution in [-0.4, -0.2) is 36.0 Å². The van der Waals surface area contributed by atoms with Gasteiger partial charge in [0.1, 0.15) is 6.61 Å². The number of carbonyl (C=O) groups is 2. The zero-order valence-electron chi connectivity index (χ0n) is 12.3. The van der Waals surface area contributed by atoms with Crippen LogP contribution in [-0.2, 0) is 14.3 Å². The first-order valence-electron chi connectivity index (χ1n) is 7.28. The van der Waals surface area contributed by atoms with E-state index in [4.69, 9.17) is 4.74 Å². The molecule has 1 fully saturated rings. The third kappa shape index (κ3) is 4.83. The summed E-state index contributed by atoms with van der Waals surface area (Å²) in [5.74, 6) is -0.137. The summed E-state index contributed by atoms with van der Waals surface area (Å²) < 4.78 is 5.25. The van der Waals surface area contributed by atoms with Crippen LogP contribution in [0.3, 0.4) is 0 Å². The SMILES string of the molecule is C=CCCC(=O)OC[C@H]1CCCN1C(=O)[C@H](C)CC=C. The maximum atomic E-state index is 12.3. The number of likely N-dealkylation sites (tertiary alicyclic amines) is 1. The van der Waals surface area contributed by atoms with Gasteiger partial charge in [0.05, 0.1) is 6.04 Å². The van der Waals surface area contributed by atoms with Crippen LogP contribution in [0, 0.1) is 5.92 Å². The summed E-state index contributed by atoms with van der Waals surface area (Å²) in [5.41, 5.74) is 0. The normalized spacial score (nSPS) is 19.4. The predicted octanol–water partition coefficient (Wildman–Crippen LogP) is 2.70. The van der Waals surface area contributed by atoms with Crippen LogP contribution in [0.2, 0.25) is 0 Å². The Balaban J connectivity index is 2.44. The minimum atomic E-state index is -0.219. The molecule has 0 aromatic carbocycles. The third-order valence-electron chi connectivity index (χ3n) is 3.59. The van der Waals surface area contributed by atoms with Gasteiger partial charge in [-0.1, -0.05) is 19.1 Å². The molecule has 0 spiro atoms. The first kappa shape index (κ1) is 16.5. The van der Waals surface area contributed by atoms with Gasteiger partial charge in [0, 0.05) is 18.9 Å². The monoisotopic (exact) mass is 279 g/mol. The maximum absolute atomic E-state index is 12.3. The number of hydrogen-bond acceptors (Lipinski definition) is 3. The van der Waals surface area contributed by atoms with Gasteiger partial charge in [-0.05, 0) is 25.7 Å². The van der Waals surface area contributed by atoms with Gasteiger partial charge < -0.3 is 9.64 Å². The molecule has 0 bridgehead atoms. The van der Waals surface area contributed by atoms with E-state index < -0.39 is 0 Å². The number of ether oxygens (including phenoxy) is 1. The summed E-state index contributed by atoms with van der Waals surface area (Å²) >= 11 is 0. The Labute approximate surface area is 121 Å². The highest BCUT2D eigenvalue weighted by atomic mass is 16.5. The molecule has 1 rings (SSSR count). The number of esters is 1. The fourth-order valence-corrected chi connectivity index (χ4v) is 2.41. The van der Waals surface area contributed by atoms with Crippen molar-refractivity contribution >= 4 is 11.9 Å². The molecule has 0 aliphatic carbocycles. The van der Waals surface area contributed by atoms with E-state index in [-0.39, 0.29) is 23.8 Å². The molecule has 0 radical (unpaired) electrons. The predicted molar refractivity (Wildman–Crippen MR) is 79.1 cm³/mol. The minimum Gasteiger partial charge on any atom is -0.463 e. The van der Waals surface area contributed by atoms with Gasteiger partial charge in [0.2, 0.25) is 5.91 Å². The van der Waals surface area contributed by atoms with E-state index in [1.165, 1.54) is 0 Å². The van der Waals surface area contributed by atoms with Gasteiger partial charge in [-0.3, -0.25) is 9.59 Å². The highest BCUT2D eigenvalue weighted by Crippen LogP contribution is 2.21. The molecule has 0 aromatic rings. The van der Waals surface area contributed by atoms with Crippen molar-refractivity contribution < 1.29 is 14.3 Å². The van der Waals surface area contributed by atoms with Crippen LogP contribution < -0.4 is 0 Å². The highest BCUT2D eigenvalue weighted by molar-refractivity contribution is 5.79. The molecule has 1 saturated heterocycles. The Kier molecular flexibility index (Phi) is 7.05. The third-order valence-corrected chi connectivity index (χ3v) is 3.59. The zero-order valence-corrected chi connectivity index (χ0v) is 12.3. The van der Waals surface area contributed by atoms with Crippen molar-refractivity contribution in [1.82, 2.24) is 4.90 Å². The zero-order chi connectivity index (χ0) is 15.0. The van der Waals surface area contributed by atoms with E-state index >= 15 is 0 Å². The Bertz CT molecular complexity index is 365. The fraction of sp³-hybridized carbons (Fsp3) is 0.625. The topological polar surface area (TPSA) is 46.6 Å². The summed E-state index contributed by atoms with van der Waals surface area (Å²) in [6, 6.07) is 0.0300. The van der Waals surface area contributed by atoms with Gasteiger partial charge in [-0.15, -0.1) is 13.2 Å². The lowest BCUT2D eigenvalue weighted by Gasteiger charge is -2.27. The molecule has 0 unspecified atom stereocenters. The Morgan fingerprint density at radius 1 is 1.40 bits per heavy atom. The lowest BCUT2D eigenvalue weighted by atomic mass is 10.1. The molecule has 0 N–H and O–H groups in total. The van der Waals surface area contributed by atoms with Crippen molar-refractivity contribution in [3.8, 4) is 0 Å². The first-order valence-corrected chi connectivity index (χ1v) is 7.28. The van der Waals surface area contributed by atoms with E-state index in [2.05, 4.69) is 13.2 Å². The van der Waals surface area contributed by atoms with Gasteiger partial charge in [0.15, 0.2) is 0 Å². The summed E-state index contributed by atoms with van der Waals surface area (Å²) in [4.78, 5) is 25.6. The first-order chi connectivity index (χ1) is 9.60. The smallest absolute Gasteiger partial charge is 0.306 e. The maximum Gasteiger partial charge on any atom is 0.306 e. The molecule has 1 heterocycles. The molecular weight excluding hydrogens is 254 g/mol. The van der Waals surface area contributed by atoms with Gasteiger partial charge >= 0.3 is 5.97 Å². The van der Waals surface area contributed by atoms with Crippen molar-refractivity contribution in [2.24, 2.45) is 5.92 Å². The standard InChI is InChI=1S/C16H25NO3/c1-4-6-10-15(18)20-12-14-9-7-11-17(14)16(19)13(3)8-5-2/h4-5,13-14H,1-2,6-12H2,3H3/t13-,14-/m1/s1. The van der Waals surface area contributed by atoms with E-state index in [0.717, 1.165) is 19.4 Å². The summed E-state index contributed by atoms with van der Waals surface area (Å²) in [7, 11) is 0. The highest BCUT2D eigenvalue weighted by Gasteiger charge is 2.31. The Morgan fingerprint density at radius 3 is 2.80 bits per heavy atom. The number of amides is 1. The van der Waals surface area contributed by atoms with E-state index in [9.17, 15) is 9.59 Å². The van der Waals surface area contributed by atoms with Crippen LogP contribution in [0.5, 0.6) is 0 Å². The molecule has 20 heavy (non-hydrogen) atoms. The second-order valence-electron chi connectivity index (χ2n) is 5.26. The van der Waals surface area contributed by atoms with Crippen LogP contribution in [0.4, 0.5) is 0 Å². The molecule has 1 aliphatic heterocycles. The summed E-state index contributed by atoms with van der Waals surface area (Å²) in [5, 5.41) is 0. The van der Waals surface area contributed by atoms with Crippen LogP contribution in [0.1, 0.15) is 39.0 Å². The summed E-state index contributed by atoms with van der Waals surface area (Å²) in [6.07, 6.45) is 7.01. The van der Waals surface area contributed by atoms with Crippen molar-refractivity contribution in [2.45, 2.75) is 45.1 Å². The molecule has 0 saturated carbocycles. The molecule has 0 aromatic heterocycles. The van der Waals surface area contributed by atoms with Crippen LogP contribution >= 0.6 is 0 Å². The summed E-state index contributed by atoms with van der Waals surface area (Å²) in [6.45, 7) is 10.2. The van der Waals surface area contributed by atoms with E-state index in [0.29, 0.717) is 25.9 Å². The average molecular weight is 279 g/mol. The number of hydrogen-bond donors (Lipinski definition) is 0. The second-order valence-corrected chi connectivity index (χ2v) is 5.26. The number of carbonyl (C=O) groups excluding carboxylic acids is 2. The molecule has 4 heteroatoms. The number of nitrogens with zero attached hydrogens (tertiary/aromatic N) is 1. The minimum absolute atomic E-state index is 0.0300. The second kappa shape index (κ2) is 8.56. The van der Waals surface area contributed by atoms with Crippen molar-refractivity contribution in [3.63, 3.8) is 0 Å². The van der Waals surface area contributed by atoms with Crippen molar-refractivity contribution in [3.05, 3.63) is 25.3 Å². The molecule has 1 aliphatic rings. The van der Waals surface area contributed by atoms with Gasteiger partial charge in [-0.2, -0.15) is 0 Å². The quantitative estimate of drug-likeness (QED) is 0.507. The largest absolute Gasteiger partial charge is 0.463 e. The lowest BCUT2D eigenvalue weighted by molar-refractivity contribution is -0.148. The van der Waals surface area contributed by atoms with Crippen LogP contribution in [0.25, 0.3) is 0 Å². The fourth-order valence-electron chi connectivity index (χ4n) is 2.41. The van der Waals surface area contributed by atoms with Crippen LogP contribution in [0.15, 0.2) is 25.3 Å². The number of rotatable bonds is 8. The Hall–Kier alpha value is -1.58. The van der Waals surface area contributed by atoms with E-state index in [1.54, 1.807) is 12.2 Å². The average Bonchev–Trinajstić information content (AvgIpc) is 2.90. The molecular formula is C16H25NO3.